The largest absolute Gasteiger partial charge is 0.394 e. The standard InChI is InChI=1S/C14H28O8S/c1-2-3-4-5-6-7-8-23(19,20)22-14-13(18)12(17)11(16)10(9-15)21-14/h10-18H,2-9H2,1H3/t10-,11-,12+,13-,14?/m1/s1. The Morgan fingerprint density at radius 3 is 2.17 bits per heavy atom. The van der Waals surface area contributed by atoms with Crippen molar-refractivity contribution in [2.24, 2.45) is 0 Å². The van der Waals surface area contributed by atoms with E-state index in [1.165, 1.54) is 0 Å². The van der Waals surface area contributed by atoms with Crippen LogP contribution in [0.25, 0.3) is 0 Å². The molecule has 138 valence electrons. The van der Waals surface area contributed by atoms with Gasteiger partial charge in [0, 0.05) is 0 Å². The molecule has 0 amide bonds. The van der Waals surface area contributed by atoms with E-state index < -0.39 is 47.4 Å². The summed E-state index contributed by atoms with van der Waals surface area (Å²) in [7, 11) is -3.94. The van der Waals surface area contributed by atoms with Crippen LogP contribution in [0.1, 0.15) is 45.4 Å². The van der Waals surface area contributed by atoms with Gasteiger partial charge in [0.1, 0.15) is 24.4 Å². The molecule has 0 aromatic rings. The van der Waals surface area contributed by atoms with Crippen LogP contribution >= 0.6 is 0 Å². The summed E-state index contributed by atoms with van der Waals surface area (Å²) < 4.78 is 33.6. The Hall–Kier alpha value is -0.290. The molecule has 1 fully saturated rings. The lowest BCUT2D eigenvalue weighted by molar-refractivity contribution is -0.276. The third-order valence-electron chi connectivity index (χ3n) is 3.84. The molecule has 5 atom stereocenters. The highest BCUT2D eigenvalue weighted by Crippen LogP contribution is 2.23. The highest BCUT2D eigenvalue weighted by Gasteiger charge is 2.45. The number of hydrogen-bond acceptors (Lipinski definition) is 8. The topological polar surface area (TPSA) is 134 Å². The summed E-state index contributed by atoms with van der Waals surface area (Å²) in [5, 5.41) is 38.0. The summed E-state index contributed by atoms with van der Waals surface area (Å²) in [6.07, 6.45) is -2.32. The van der Waals surface area contributed by atoms with E-state index in [1.807, 2.05) is 0 Å². The van der Waals surface area contributed by atoms with Gasteiger partial charge in [-0.15, -0.1) is 0 Å². The first-order valence-electron chi connectivity index (χ1n) is 8.04. The van der Waals surface area contributed by atoms with Gasteiger partial charge in [-0.25, -0.2) is 4.18 Å². The Morgan fingerprint density at radius 1 is 0.957 bits per heavy atom. The molecular weight excluding hydrogens is 328 g/mol. The highest BCUT2D eigenvalue weighted by atomic mass is 32.2. The predicted molar refractivity (Wildman–Crippen MR) is 82.0 cm³/mol. The maximum absolute atomic E-state index is 11.9. The smallest absolute Gasteiger partial charge is 0.269 e. The van der Waals surface area contributed by atoms with E-state index in [1.54, 1.807) is 0 Å². The van der Waals surface area contributed by atoms with E-state index in [0.717, 1.165) is 32.1 Å². The molecule has 1 aliphatic heterocycles. The molecule has 0 spiro atoms. The first-order valence-corrected chi connectivity index (χ1v) is 9.61. The molecule has 0 aromatic carbocycles. The molecule has 1 saturated heterocycles. The normalized spacial score (nSPS) is 32.1. The third-order valence-corrected chi connectivity index (χ3v) is 5.11. The van der Waals surface area contributed by atoms with Crippen LogP contribution in [0, 0.1) is 0 Å². The second-order valence-electron chi connectivity index (χ2n) is 5.82. The molecule has 0 radical (unpaired) electrons. The van der Waals surface area contributed by atoms with Crippen molar-refractivity contribution in [1.82, 2.24) is 0 Å². The minimum absolute atomic E-state index is 0.214. The van der Waals surface area contributed by atoms with Gasteiger partial charge < -0.3 is 25.2 Å². The summed E-state index contributed by atoms with van der Waals surface area (Å²) in [4.78, 5) is 0. The minimum Gasteiger partial charge on any atom is -0.394 e. The molecule has 1 rings (SSSR count). The second-order valence-corrected chi connectivity index (χ2v) is 7.54. The SMILES string of the molecule is CCCCCCCCS(=O)(=O)OC1O[C@H](CO)[C@@H](O)[C@H](O)[C@H]1O. The van der Waals surface area contributed by atoms with Gasteiger partial charge in [-0.1, -0.05) is 39.0 Å². The molecule has 0 saturated carbocycles. The molecule has 1 aliphatic rings. The zero-order valence-electron chi connectivity index (χ0n) is 13.4. The quantitative estimate of drug-likeness (QED) is 0.304. The fraction of sp³-hybridized carbons (Fsp3) is 1.00. The number of ether oxygens (including phenoxy) is 1. The number of rotatable bonds is 10. The van der Waals surface area contributed by atoms with Crippen molar-refractivity contribution in [1.29, 1.82) is 0 Å². The van der Waals surface area contributed by atoms with Crippen molar-refractivity contribution in [2.45, 2.75) is 76.2 Å². The lowest BCUT2D eigenvalue weighted by Crippen LogP contribution is -2.59. The molecule has 1 heterocycles. The van der Waals surface area contributed by atoms with Gasteiger partial charge in [0.05, 0.1) is 12.4 Å². The third kappa shape index (κ3) is 6.61. The Kier molecular flexibility index (Phi) is 8.91. The summed E-state index contributed by atoms with van der Waals surface area (Å²) >= 11 is 0. The van der Waals surface area contributed by atoms with Crippen LogP contribution in [0.5, 0.6) is 0 Å². The zero-order chi connectivity index (χ0) is 17.5. The van der Waals surface area contributed by atoms with Crippen LogP contribution < -0.4 is 0 Å². The maximum atomic E-state index is 11.9. The highest BCUT2D eigenvalue weighted by molar-refractivity contribution is 7.86. The average molecular weight is 356 g/mol. The first kappa shape index (κ1) is 20.8. The van der Waals surface area contributed by atoms with E-state index in [0.29, 0.717) is 6.42 Å². The summed E-state index contributed by atoms with van der Waals surface area (Å²) in [6, 6.07) is 0. The summed E-state index contributed by atoms with van der Waals surface area (Å²) in [5.41, 5.74) is 0. The fourth-order valence-corrected chi connectivity index (χ4v) is 3.50. The maximum Gasteiger partial charge on any atom is 0.269 e. The predicted octanol–water partition coefficient (Wildman–Crippen LogP) is -0.507. The van der Waals surface area contributed by atoms with Crippen molar-refractivity contribution in [3.05, 3.63) is 0 Å². The molecule has 0 aromatic heterocycles. The van der Waals surface area contributed by atoms with E-state index in [-0.39, 0.29) is 5.75 Å². The van der Waals surface area contributed by atoms with Crippen LogP contribution in [-0.2, 0) is 19.0 Å². The van der Waals surface area contributed by atoms with Gasteiger partial charge in [-0.3, -0.25) is 0 Å². The monoisotopic (exact) mass is 356 g/mol. The van der Waals surface area contributed by atoms with E-state index in [9.17, 15) is 23.7 Å². The van der Waals surface area contributed by atoms with Gasteiger partial charge in [-0.05, 0) is 6.42 Å². The molecular formula is C14H28O8S. The first-order chi connectivity index (χ1) is 10.8. The number of aliphatic hydroxyl groups excluding tert-OH is 4. The van der Waals surface area contributed by atoms with Crippen LogP contribution in [0.15, 0.2) is 0 Å². The molecule has 9 heteroatoms. The van der Waals surface area contributed by atoms with Crippen LogP contribution in [0.2, 0.25) is 0 Å². The second kappa shape index (κ2) is 9.87. The average Bonchev–Trinajstić information content (AvgIpc) is 2.51. The van der Waals surface area contributed by atoms with Crippen molar-refractivity contribution < 1.29 is 37.8 Å². The van der Waals surface area contributed by atoms with Crippen molar-refractivity contribution in [2.75, 3.05) is 12.4 Å². The Morgan fingerprint density at radius 2 is 1.57 bits per heavy atom. The van der Waals surface area contributed by atoms with Gasteiger partial charge in [-0.2, -0.15) is 8.42 Å². The van der Waals surface area contributed by atoms with Crippen LogP contribution in [0.3, 0.4) is 0 Å². The molecule has 8 nitrogen and oxygen atoms in total. The van der Waals surface area contributed by atoms with Crippen molar-refractivity contribution in [3.8, 4) is 0 Å². The number of hydrogen-bond donors (Lipinski definition) is 4. The summed E-state index contributed by atoms with van der Waals surface area (Å²) in [6.45, 7) is 1.46. The van der Waals surface area contributed by atoms with Crippen LogP contribution in [0.4, 0.5) is 0 Å². The van der Waals surface area contributed by atoms with Gasteiger partial charge in [0.25, 0.3) is 10.1 Å². The summed E-state index contributed by atoms with van der Waals surface area (Å²) in [5.74, 6) is -0.214. The van der Waals surface area contributed by atoms with Crippen molar-refractivity contribution >= 4 is 10.1 Å². The molecule has 0 bridgehead atoms. The Labute approximate surface area is 137 Å². The fourth-order valence-electron chi connectivity index (χ4n) is 2.40. The minimum atomic E-state index is -3.94. The molecule has 4 N–H and O–H groups in total. The Balaban J connectivity index is 2.46. The number of aliphatic hydroxyl groups is 4. The van der Waals surface area contributed by atoms with Gasteiger partial charge >= 0.3 is 0 Å². The molecule has 23 heavy (non-hydrogen) atoms. The van der Waals surface area contributed by atoms with E-state index in [4.69, 9.17) is 14.0 Å². The zero-order valence-corrected chi connectivity index (χ0v) is 14.2. The number of unbranched alkanes of at least 4 members (excludes halogenated alkanes) is 5. The van der Waals surface area contributed by atoms with E-state index >= 15 is 0 Å². The lowest BCUT2D eigenvalue weighted by Gasteiger charge is -2.39. The van der Waals surface area contributed by atoms with E-state index in [2.05, 4.69) is 6.92 Å². The van der Waals surface area contributed by atoms with Gasteiger partial charge in [0.2, 0.25) is 6.29 Å². The molecule has 0 aliphatic carbocycles. The Bertz CT molecular complexity index is 424. The lowest BCUT2D eigenvalue weighted by atomic mass is 10.00. The molecule has 1 unspecified atom stereocenters. The van der Waals surface area contributed by atoms with Gasteiger partial charge in [0.15, 0.2) is 0 Å². The van der Waals surface area contributed by atoms with Crippen molar-refractivity contribution in [3.63, 3.8) is 0 Å². The van der Waals surface area contributed by atoms with Crippen LogP contribution in [-0.4, -0.2) is 71.9 Å².